The standard InChI is InChI=1S/C24H28N2O4/c1-18-12-14-24(15-13-18,23(28)29-2)26-22(27)11-8-19-6-9-21(10-7-19)30-17-20-5-3-4-16-25-20/h3-11,16,18H,12-15,17H2,1-2H3,(H,26,27)/b11-8+. The van der Waals surface area contributed by atoms with E-state index < -0.39 is 5.54 Å². The molecule has 6 nitrogen and oxygen atoms in total. The molecule has 1 aromatic heterocycles. The van der Waals surface area contributed by atoms with Gasteiger partial charge in [-0.15, -0.1) is 0 Å². The number of nitrogens with one attached hydrogen (secondary N) is 1. The molecule has 1 amide bonds. The van der Waals surface area contributed by atoms with Crippen molar-refractivity contribution in [3.63, 3.8) is 0 Å². The Hall–Kier alpha value is -3.15. The van der Waals surface area contributed by atoms with Gasteiger partial charge in [-0.1, -0.05) is 25.1 Å². The Morgan fingerprint density at radius 3 is 2.53 bits per heavy atom. The van der Waals surface area contributed by atoms with Crippen LogP contribution < -0.4 is 10.1 Å². The van der Waals surface area contributed by atoms with Crippen LogP contribution >= 0.6 is 0 Å². The molecule has 158 valence electrons. The molecule has 1 N–H and O–H groups in total. The molecule has 3 rings (SSSR count). The van der Waals surface area contributed by atoms with Gasteiger partial charge in [-0.2, -0.15) is 0 Å². The van der Waals surface area contributed by atoms with Crippen LogP contribution in [0.5, 0.6) is 5.75 Å². The van der Waals surface area contributed by atoms with Crippen molar-refractivity contribution >= 4 is 18.0 Å². The molecule has 1 aromatic carbocycles. The molecule has 1 heterocycles. The van der Waals surface area contributed by atoms with E-state index in [-0.39, 0.29) is 11.9 Å². The number of amides is 1. The number of carbonyl (C=O) groups is 2. The summed E-state index contributed by atoms with van der Waals surface area (Å²) in [7, 11) is 1.36. The minimum atomic E-state index is -0.925. The number of nitrogens with zero attached hydrogens (tertiary/aromatic N) is 1. The Kier molecular flexibility index (Phi) is 7.22. The summed E-state index contributed by atoms with van der Waals surface area (Å²) >= 11 is 0. The lowest BCUT2D eigenvalue weighted by molar-refractivity contribution is -0.152. The van der Waals surface area contributed by atoms with Crippen LogP contribution in [0.4, 0.5) is 0 Å². The summed E-state index contributed by atoms with van der Waals surface area (Å²) in [5.41, 5.74) is 0.792. The molecule has 30 heavy (non-hydrogen) atoms. The number of benzene rings is 1. The highest BCUT2D eigenvalue weighted by atomic mass is 16.5. The second-order valence-corrected chi connectivity index (χ2v) is 7.76. The SMILES string of the molecule is COC(=O)C1(NC(=O)/C=C/c2ccc(OCc3ccccn3)cc2)CCC(C)CC1. The molecular formula is C24H28N2O4. The molecule has 2 aromatic rings. The van der Waals surface area contributed by atoms with Crippen LogP contribution in [0.1, 0.15) is 43.9 Å². The number of methoxy groups -OCH3 is 1. The molecule has 1 aliphatic carbocycles. The Morgan fingerprint density at radius 2 is 1.90 bits per heavy atom. The second kappa shape index (κ2) is 10.1. The molecule has 1 aliphatic rings. The molecule has 6 heteroatoms. The molecule has 0 radical (unpaired) electrons. The number of ether oxygens (including phenoxy) is 2. The molecule has 0 bridgehead atoms. The molecule has 0 aliphatic heterocycles. The normalized spacial score (nSPS) is 21.2. The van der Waals surface area contributed by atoms with E-state index in [2.05, 4.69) is 17.2 Å². The third-order valence-electron chi connectivity index (χ3n) is 5.49. The van der Waals surface area contributed by atoms with E-state index in [1.165, 1.54) is 13.2 Å². The number of rotatable bonds is 7. The minimum absolute atomic E-state index is 0.301. The first kappa shape index (κ1) is 21.6. The van der Waals surface area contributed by atoms with Crippen LogP contribution in [-0.2, 0) is 20.9 Å². The number of hydrogen-bond acceptors (Lipinski definition) is 5. The van der Waals surface area contributed by atoms with Gasteiger partial charge in [0.1, 0.15) is 17.9 Å². The van der Waals surface area contributed by atoms with Gasteiger partial charge < -0.3 is 14.8 Å². The number of aromatic nitrogens is 1. The van der Waals surface area contributed by atoms with E-state index >= 15 is 0 Å². The zero-order valence-corrected chi connectivity index (χ0v) is 17.5. The fraction of sp³-hybridized carbons (Fsp3) is 0.375. The predicted molar refractivity (Wildman–Crippen MR) is 115 cm³/mol. The summed E-state index contributed by atoms with van der Waals surface area (Å²) in [6.45, 7) is 2.55. The molecular weight excluding hydrogens is 380 g/mol. The van der Waals surface area contributed by atoms with Crippen molar-refractivity contribution in [2.24, 2.45) is 5.92 Å². The van der Waals surface area contributed by atoms with Crippen molar-refractivity contribution in [1.82, 2.24) is 10.3 Å². The van der Waals surface area contributed by atoms with E-state index in [9.17, 15) is 9.59 Å². The summed E-state index contributed by atoms with van der Waals surface area (Å²) in [6, 6.07) is 13.1. The maximum atomic E-state index is 12.5. The lowest BCUT2D eigenvalue weighted by Crippen LogP contribution is -2.56. The topological polar surface area (TPSA) is 77.5 Å². The van der Waals surface area contributed by atoms with Crippen LogP contribution in [0.2, 0.25) is 0 Å². The zero-order chi connectivity index (χ0) is 21.4. The third kappa shape index (κ3) is 5.69. The van der Waals surface area contributed by atoms with Gasteiger partial charge in [-0.25, -0.2) is 4.79 Å². The first-order chi connectivity index (χ1) is 14.5. The fourth-order valence-electron chi connectivity index (χ4n) is 3.60. The van der Waals surface area contributed by atoms with Crippen LogP contribution in [-0.4, -0.2) is 29.5 Å². The first-order valence-electron chi connectivity index (χ1n) is 10.2. The van der Waals surface area contributed by atoms with Gasteiger partial charge in [-0.3, -0.25) is 9.78 Å². The first-order valence-corrected chi connectivity index (χ1v) is 10.2. The lowest BCUT2D eigenvalue weighted by Gasteiger charge is -2.37. The largest absolute Gasteiger partial charge is 0.487 e. The van der Waals surface area contributed by atoms with E-state index in [0.717, 1.165) is 29.8 Å². The van der Waals surface area contributed by atoms with Gasteiger partial charge in [-0.05, 0) is 67.5 Å². The van der Waals surface area contributed by atoms with E-state index in [1.54, 1.807) is 12.3 Å². The van der Waals surface area contributed by atoms with Crippen LogP contribution in [0.3, 0.4) is 0 Å². The summed E-state index contributed by atoms with van der Waals surface area (Å²) in [6.07, 6.45) is 7.88. The molecule has 0 saturated heterocycles. The third-order valence-corrected chi connectivity index (χ3v) is 5.49. The highest BCUT2D eigenvalue weighted by Gasteiger charge is 2.43. The van der Waals surface area contributed by atoms with Crippen molar-refractivity contribution in [3.8, 4) is 5.75 Å². The van der Waals surface area contributed by atoms with Crippen molar-refractivity contribution in [2.75, 3.05) is 7.11 Å². The highest BCUT2D eigenvalue weighted by Crippen LogP contribution is 2.33. The summed E-state index contributed by atoms with van der Waals surface area (Å²) in [4.78, 5) is 29.0. The van der Waals surface area contributed by atoms with Gasteiger partial charge in [0.2, 0.25) is 5.91 Å². The van der Waals surface area contributed by atoms with Crippen molar-refractivity contribution in [1.29, 1.82) is 0 Å². The fourth-order valence-corrected chi connectivity index (χ4v) is 3.60. The van der Waals surface area contributed by atoms with E-state index in [1.807, 2.05) is 42.5 Å². The van der Waals surface area contributed by atoms with Gasteiger partial charge in [0.25, 0.3) is 0 Å². The van der Waals surface area contributed by atoms with E-state index in [0.29, 0.717) is 25.4 Å². The maximum Gasteiger partial charge on any atom is 0.331 e. The molecule has 0 spiro atoms. The monoisotopic (exact) mass is 408 g/mol. The number of carbonyl (C=O) groups excluding carboxylic acids is 2. The number of esters is 1. The van der Waals surface area contributed by atoms with Crippen molar-refractivity contribution in [3.05, 3.63) is 66.0 Å². The number of pyridine rings is 1. The average Bonchev–Trinajstić information content (AvgIpc) is 2.79. The Bertz CT molecular complexity index is 870. The van der Waals surface area contributed by atoms with Gasteiger partial charge >= 0.3 is 5.97 Å². The summed E-state index contributed by atoms with van der Waals surface area (Å²) < 4.78 is 10.7. The maximum absolute atomic E-state index is 12.5. The zero-order valence-electron chi connectivity index (χ0n) is 17.5. The molecule has 0 unspecified atom stereocenters. The molecule has 1 saturated carbocycles. The van der Waals surface area contributed by atoms with Crippen molar-refractivity contribution < 1.29 is 19.1 Å². The Balaban J connectivity index is 1.56. The Morgan fingerprint density at radius 1 is 1.17 bits per heavy atom. The van der Waals surface area contributed by atoms with Crippen LogP contribution in [0.15, 0.2) is 54.7 Å². The second-order valence-electron chi connectivity index (χ2n) is 7.76. The highest BCUT2D eigenvalue weighted by molar-refractivity contribution is 5.96. The molecule has 0 atom stereocenters. The van der Waals surface area contributed by atoms with Crippen LogP contribution in [0.25, 0.3) is 6.08 Å². The Labute approximate surface area is 177 Å². The smallest absolute Gasteiger partial charge is 0.331 e. The predicted octanol–water partition coefficient (Wildman–Crippen LogP) is 3.91. The minimum Gasteiger partial charge on any atom is -0.487 e. The lowest BCUT2D eigenvalue weighted by atomic mass is 9.77. The van der Waals surface area contributed by atoms with Gasteiger partial charge in [0.15, 0.2) is 0 Å². The number of hydrogen-bond donors (Lipinski definition) is 1. The average molecular weight is 408 g/mol. The van der Waals surface area contributed by atoms with E-state index in [4.69, 9.17) is 9.47 Å². The van der Waals surface area contributed by atoms with Crippen LogP contribution in [0, 0.1) is 5.92 Å². The summed E-state index contributed by atoms with van der Waals surface area (Å²) in [5.74, 6) is 0.604. The quantitative estimate of drug-likeness (QED) is 0.555. The van der Waals surface area contributed by atoms with Crippen molar-refractivity contribution in [2.45, 2.75) is 44.8 Å². The summed E-state index contributed by atoms with van der Waals surface area (Å²) in [5, 5.41) is 2.89. The molecule has 1 fully saturated rings. The van der Waals surface area contributed by atoms with Gasteiger partial charge in [0, 0.05) is 12.3 Å². The van der Waals surface area contributed by atoms with Gasteiger partial charge in [0.05, 0.1) is 12.8 Å².